The van der Waals surface area contributed by atoms with E-state index in [9.17, 15) is 39.3 Å². The van der Waals surface area contributed by atoms with Crippen molar-refractivity contribution in [2.24, 2.45) is 51.8 Å². The minimum Gasteiger partial charge on any atom is -0.462 e. The predicted octanol–water partition coefficient (Wildman–Crippen LogP) is 0.986. The van der Waals surface area contributed by atoms with Gasteiger partial charge in [0.2, 0.25) is 5.78 Å². The van der Waals surface area contributed by atoms with Crippen LogP contribution in [-0.2, 0) is 47.7 Å². The number of carbonyl (C=O) groups is 5. The minimum absolute atomic E-state index is 0.0669. The van der Waals surface area contributed by atoms with E-state index in [1.165, 1.54) is 20.8 Å². The van der Waals surface area contributed by atoms with Gasteiger partial charge in [-0.2, -0.15) is 0 Å². The minimum atomic E-state index is -2.16. The van der Waals surface area contributed by atoms with Gasteiger partial charge in [0.05, 0.1) is 17.6 Å². The molecule has 2 saturated heterocycles. The van der Waals surface area contributed by atoms with Crippen molar-refractivity contribution in [3.8, 4) is 0 Å². The third-order valence-electron chi connectivity index (χ3n) is 14.0. The van der Waals surface area contributed by atoms with Gasteiger partial charge in [0.15, 0.2) is 11.7 Å². The Morgan fingerprint density at radius 1 is 0.915 bits per heavy atom. The highest BCUT2D eigenvalue weighted by molar-refractivity contribution is 5.95. The summed E-state index contributed by atoms with van der Waals surface area (Å²) in [4.78, 5) is 66.4. The Bertz CT molecular complexity index is 1520. The number of ketones is 1. The molecule has 0 aromatic heterocycles. The largest absolute Gasteiger partial charge is 0.462 e. The number of aliphatic hydroxyl groups is 3. The monoisotopic (exact) mass is 660 g/mol. The van der Waals surface area contributed by atoms with Gasteiger partial charge in [-0.3, -0.25) is 19.2 Å². The number of ether oxygens (including phenoxy) is 5. The normalized spacial score (nSPS) is 55.1. The Morgan fingerprint density at radius 2 is 1.53 bits per heavy atom. The number of carbonyl (C=O) groups excluding carboxylic acids is 5. The maximum Gasteiger partial charge on any atom is 0.343 e. The number of fused-ring (bicyclic) bond motifs is 10. The van der Waals surface area contributed by atoms with Crippen molar-refractivity contribution in [1.82, 2.24) is 0 Å². The first-order valence-corrected chi connectivity index (χ1v) is 16.5. The number of Topliss-reactive ketones (excluding diaryl/α,β-unsaturated/α-hetero) is 1. The molecule has 5 aliphatic carbocycles. The second kappa shape index (κ2) is 9.64. The van der Waals surface area contributed by atoms with E-state index in [-0.39, 0.29) is 24.5 Å². The highest BCUT2D eigenvalue weighted by atomic mass is 16.6. The van der Waals surface area contributed by atoms with Crippen LogP contribution in [0.3, 0.4) is 0 Å². The lowest BCUT2D eigenvalue weighted by molar-refractivity contribution is -0.267. The number of allylic oxidation sites excluding steroid dienone is 1. The van der Waals surface area contributed by atoms with Crippen LogP contribution in [0.2, 0.25) is 0 Å². The maximum atomic E-state index is 14.6. The van der Waals surface area contributed by atoms with Gasteiger partial charge in [0, 0.05) is 55.8 Å². The van der Waals surface area contributed by atoms with E-state index in [2.05, 4.69) is 0 Å². The zero-order chi connectivity index (χ0) is 34.5. The highest BCUT2D eigenvalue weighted by Crippen LogP contribution is 2.76. The average Bonchev–Trinajstić information content (AvgIpc) is 3.63. The Hall–Kier alpha value is -2.87. The summed E-state index contributed by atoms with van der Waals surface area (Å²) >= 11 is 0. The summed E-state index contributed by atoms with van der Waals surface area (Å²) in [5.74, 6) is -7.76. The molecule has 17 atom stereocenters. The fourth-order valence-corrected chi connectivity index (χ4v) is 11.8. The van der Waals surface area contributed by atoms with E-state index < -0.39 is 123 Å². The second-order valence-corrected chi connectivity index (χ2v) is 15.9. The lowest BCUT2D eigenvalue weighted by Gasteiger charge is -2.65. The van der Waals surface area contributed by atoms with Crippen LogP contribution in [0.25, 0.3) is 0 Å². The molecule has 2 aliphatic heterocycles. The third kappa shape index (κ3) is 3.72. The van der Waals surface area contributed by atoms with Crippen molar-refractivity contribution in [3.63, 3.8) is 0 Å². The summed E-state index contributed by atoms with van der Waals surface area (Å²) < 4.78 is 29.6. The van der Waals surface area contributed by atoms with Crippen LogP contribution in [0.15, 0.2) is 11.8 Å². The summed E-state index contributed by atoms with van der Waals surface area (Å²) in [6.45, 7) is 12.2. The summed E-state index contributed by atoms with van der Waals surface area (Å²) in [5, 5.41) is 36.0. The van der Waals surface area contributed by atoms with E-state index in [1.807, 2.05) is 13.8 Å². The predicted molar refractivity (Wildman–Crippen MR) is 156 cm³/mol. The topological polar surface area (TPSA) is 195 Å². The molecule has 0 amide bonds. The van der Waals surface area contributed by atoms with Crippen molar-refractivity contribution < 1.29 is 63.0 Å². The fraction of sp³-hybridized carbons (Fsp3) is 0.794. The van der Waals surface area contributed by atoms with E-state index >= 15 is 0 Å². The van der Waals surface area contributed by atoms with Crippen LogP contribution in [0, 0.1) is 51.8 Å². The molecule has 13 nitrogen and oxygen atoms in total. The van der Waals surface area contributed by atoms with Gasteiger partial charge in [0.25, 0.3) is 0 Å². The summed E-state index contributed by atoms with van der Waals surface area (Å²) in [6.07, 6.45) is -4.29. The molecule has 0 radical (unpaired) electrons. The van der Waals surface area contributed by atoms with Crippen LogP contribution < -0.4 is 0 Å². The van der Waals surface area contributed by atoms with Crippen LogP contribution >= 0.6 is 0 Å². The van der Waals surface area contributed by atoms with Gasteiger partial charge >= 0.3 is 23.9 Å². The van der Waals surface area contributed by atoms with Gasteiger partial charge in [-0.15, -0.1) is 0 Å². The van der Waals surface area contributed by atoms with Crippen LogP contribution in [-0.4, -0.2) is 92.8 Å². The standard InChI is InChI=1S/C34H44O13/c1-12-9-19-32(7,33(8,41)29(40)47-19)23-21(12)30(5)18(43-13(2)35)10-16-20(22(30)26(23)45-15(4)37)25(44-14(3)36)28(39)34(42)11-17-24(46-17)27(38)31(16,34)6/h9,12,16-18,20-27,38,41-42H,10-11H2,1-8H3/t12?,16?,17-,18-,20?,21?,22?,23?,24-,25?,26?,27?,30+,31-,32-,33+,34?/m0/s1. The fourth-order valence-electron chi connectivity index (χ4n) is 11.8. The SMILES string of the molecule is CC(=O)OC1C(=O)C2(O)C[C@@H]3O[C@@H]3C(O)[C@]2(C)C2C[C@H](OC(C)=O)[C@@]3(C)C(C(OC(C)=O)C4C3C(C)C=C3OC(=O)[C@@](C)(O)[C@@]34C)C12. The van der Waals surface area contributed by atoms with Crippen molar-refractivity contribution in [2.75, 3.05) is 0 Å². The third-order valence-corrected chi connectivity index (χ3v) is 14.0. The number of aliphatic hydroxyl groups excluding tert-OH is 1. The smallest absolute Gasteiger partial charge is 0.343 e. The van der Waals surface area contributed by atoms with E-state index in [1.54, 1.807) is 19.9 Å². The van der Waals surface area contributed by atoms with Crippen molar-refractivity contribution >= 4 is 29.7 Å². The maximum absolute atomic E-state index is 14.6. The first-order valence-electron chi connectivity index (χ1n) is 16.5. The molecular weight excluding hydrogens is 616 g/mol. The molecule has 0 aromatic carbocycles. The second-order valence-electron chi connectivity index (χ2n) is 15.9. The summed E-state index contributed by atoms with van der Waals surface area (Å²) in [7, 11) is 0. The average molecular weight is 661 g/mol. The molecular formula is C34H44O13. The van der Waals surface area contributed by atoms with Gasteiger partial charge in [-0.1, -0.05) is 20.8 Å². The molecule has 10 unspecified atom stereocenters. The van der Waals surface area contributed by atoms with E-state index in [0.717, 1.165) is 6.92 Å². The van der Waals surface area contributed by atoms with Gasteiger partial charge in [-0.25, -0.2) is 4.79 Å². The van der Waals surface area contributed by atoms with Gasteiger partial charge in [0.1, 0.15) is 29.7 Å². The van der Waals surface area contributed by atoms with E-state index in [0.29, 0.717) is 0 Å². The number of epoxide rings is 1. The van der Waals surface area contributed by atoms with Gasteiger partial charge < -0.3 is 39.0 Å². The molecule has 4 saturated carbocycles. The van der Waals surface area contributed by atoms with Crippen molar-refractivity contribution in [2.45, 2.75) is 116 Å². The molecule has 3 N–H and O–H groups in total. The number of esters is 4. The summed E-state index contributed by atoms with van der Waals surface area (Å²) in [6, 6.07) is 0. The molecule has 2 heterocycles. The first-order chi connectivity index (χ1) is 21.7. The number of hydrogen-bond acceptors (Lipinski definition) is 13. The summed E-state index contributed by atoms with van der Waals surface area (Å²) in [5.41, 5.74) is -8.29. The first kappa shape index (κ1) is 32.7. The molecule has 0 aromatic rings. The van der Waals surface area contributed by atoms with Crippen molar-refractivity contribution in [3.05, 3.63) is 11.8 Å². The molecule has 7 aliphatic rings. The quantitative estimate of drug-likeness (QED) is 0.220. The van der Waals surface area contributed by atoms with Crippen LogP contribution in [0.1, 0.15) is 68.2 Å². The molecule has 13 heteroatoms. The molecule has 6 fully saturated rings. The lowest BCUT2D eigenvalue weighted by atomic mass is 9.40. The van der Waals surface area contributed by atoms with E-state index in [4.69, 9.17) is 23.7 Å². The Balaban J connectivity index is 1.51. The Labute approximate surface area is 272 Å². The Kier molecular flexibility index (Phi) is 6.70. The number of rotatable bonds is 3. The molecule has 0 spiro atoms. The van der Waals surface area contributed by atoms with Gasteiger partial charge in [-0.05, 0) is 44.1 Å². The van der Waals surface area contributed by atoms with Crippen molar-refractivity contribution in [1.29, 1.82) is 0 Å². The van der Waals surface area contributed by atoms with Crippen LogP contribution in [0.4, 0.5) is 0 Å². The molecule has 7 rings (SSSR count). The van der Waals surface area contributed by atoms with Crippen LogP contribution in [0.5, 0.6) is 0 Å². The molecule has 47 heavy (non-hydrogen) atoms. The number of hydrogen-bond donors (Lipinski definition) is 3. The lowest BCUT2D eigenvalue weighted by Crippen LogP contribution is -2.77. The Morgan fingerprint density at radius 3 is 2.13 bits per heavy atom. The zero-order valence-corrected chi connectivity index (χ0v) is 27.8. The zero-order valence-electron chi connectivity index (χ0n) is 27.8. The highest BCUT2D eigenvalue weighted by Gasteiger charge is 2.83. The molecule has 258 valence electrons. The molecule has 0 bridgehead atoms.